The minimum atomic E-state index is 0.298. The van der Waals surface area contributed by atoms with Gasteiger partial charge in [-0.2, -0.15) is 0 Å². The number of ether oxygens (including phenoxy) is 2. The van der Waals surface area contributed by atoms with Crippen molar-refractivity contribution < 1.29 is 14.6 Å². The minimum absolute atomic E-state index is 0.298. The van der Waals surface area contributed by atoms with Gasteiger partial charge in [0, 0.05) is 0 Å². The van der Waals surface area contributed by atoms with Crippen molar-refractivity contribution >= 4 is 0 Å². The van der Waals surface area contributed by atoms with Crippen molar-refractivity contribution in [2.75, 3.05) is 13.2 Å². The molecule has 0 radical (unpaired) electrons. The lowest BCUT2D eigenvalue weighted by molar-refractivity contribution is 0.415. The molecule has 0 amide bonds. The molecule has 2 aliphatic heterocycles. The van der Waals surface area contributed by atoms with Crippen molar-refractivity contribution in [1.82, 2.24) is 0 Å². The molecule has 31 heavy (non-hydrogen) atoms. The van der Waals surface area contributed by atoms with Gasteiger partial charge in [-0.15, -0.1) is 0 Å². The smallest absolute Gasteiger partial charge is 0.115 e. The fourth-order valence-electron chi connectivity index (χ4n) is 3.55. The molecule has 0 saturated carbocycles. The van der Waals surface area contributed by atoms with E-state index < -0.39 is 0 Å². The van der Waals surface area contributed by atoms with Gasteiger partial charge in [0.1, 0.15) is 18.0 Å². The largest absolute Gasteiger partial charge is 0.508 e. The van der Waals surface area contributed by atoms with Gasteiger partial charge in [0.05, 0.1) is 13.2 Å². The Bertz CT molecular complexity index is 1110. The minimum Gasteiger partial charge on any atom is -0.508 e. The predicted octanol–water partition coefficient (Wildman–Crippen LogP) is 6.56. The Balaban J connectivity index is 0.000000132. The maximum atomic E-state index is 9.21. The zero-order valence-electron chi connectivity index (χ0n) is 17.1. The van der Waals surface area contributed by atoms with Crippen LogP contribution in [0.15, 0.2) is 103 Å². The summed E-state index contributed by atoms with van der Waals surface area (Å²) in [6.07, 6.45) is 0.670. The Hall–Kier alpha value is -3.40. The number of hydrogen-bond donors (Lipinski definition) is 1. The second kappa shape index (κ2) is 8.76. The van der Waals surface area contributed by atoms with Crippen molar-refractivity contribution in [3.05, 3.63) is 114 Å². The number of benzene rings is 4. The van der Waals surface area contributed by atoms with Crippen LogP contribution in [0.25, 0.3) is 22.3 Å². The van der Waals surface area contributed by atoms with Gasteiger partial charge in [-0.1, -0.05) is 91.0 Å². The molecule has 0 aromatic heterocycles. The van der Waals surface area contributed by atoms with E-state index in [4.69, 9.17) is 9.47 Å². The fraction of sp³-hybridized carbons (Fsp3) is 0.143. The van der Waals surface area contributed by atoms with E-state index in [1.807, 2.05) is 18.2 Å². The second-order valence-electron chi connectivity index (χ2n) is 7.80. The number of epoxide rings is 2. The van der Waals surface area contributed by atoms with Crippen molar-refractivity contribution in [1.29, 1.82) is 0 Å². The summed E-state index contributed by atoms with van der Waals surface area (Å²) in [5.41, 5.74) is 7.32. The molecule has 2 unspecified atom stereocenters. The van der Waals surface area contributed by atoms with E-state index in [9.17, 15) is 5.11 Å². The van der Waals surface area contributed by atoms with Crippen molar-refractivity contribution in [3.8, 4) is 28.0 Å². The lowest BCUT2D eigenvalue weighted by atomic mass is 10.0. The van der Waals surface area contributed by atoms with Crippen molar-refractivity contribution in [2.45, 2.75) is 12.2 Å². The first-order valence-corrected chi connectivity index (χ1v) is 10.5. The zero-order valence-corrected chi connectivity index (χ0v) is 17.1. The lowest BCUT2D eigenvalue weighted by Gasteiger charge is -2.03. The molecule has 3 heteroatoms. The first kappa shape index (κ1) is 19.6. The van der Waals surface area contributed by atoms with E-state index in [0.717, 1.165) is 24.3 Å². The van der Waals surface area contributed by atoms with E-state index >= 15 is 0 Å². The van der Waals surface area contributed by atoms with E-state index in [0.29, 0.717) is 18.0 Å². The Labute approximate surface area is 182 Å². The summed E-state index contributed by atoms with van der Waals surface area (Å²) in [6, 6.07) is 34.6. The predicted molar refractivity (Wildman–Crippen MR) is 123 cm³/mol. The summed E-state index contributed by atoms with van der Waals surface area (Å²) in [5.74, 6) is 0.298. The highest BCUT2D eigenvalue weighted by molar-refractivity contribution is 5.65. The van der Waals surface area contributed by atoms with E-state index in [1.165, 1.54) is 22.3 Å². The molecule has 2 heterocycles. The zero-order chi connectivity index (χ0) is 21.0. The highest BCUT2D eigenvalue weighted by Gasteiger charge is 2.24. The normalized spacial score (nSPS) is 18.6. The number of rotatable bonds is 4. The van der Waals surface area contributed by atoms with Crippen LogP contribution in [0.3, 0.4) is 0 Å². The topological polar surface area (TPSA) is 45.3 Å². The highest BCUT2D eigenvalue weighted by atomic mass is 16.6. The number of aromatic hydroxyl groups is 1. The molecule has 2 fully saturated rings. The molecule has 0 aliphatic carbocycles. The number of hydrogen-bond acceptors (Lipinski definition) is 3. The molecule has 154 valence electrons. The molecule has 2 saturated heterocycles. The van der Waals surface area contributed by atoms with Crippen LogP contribution >= 0.6 is 0 Å². The Morgan fingerprint density at radius 1 is 0.484 bits per heavy atom. The molecule has 3 nitrogen and oxygen atoms in total. The van der Waals surface area contributed by atoms with Gasteiger partial charge in [0.2, 0.25) is 0 Å². The molecule has 2 atom stereocenters. The van der Waals surface area contributed by atoms with Gasteiger partial charge < -0.3 is 14.6 Å². The monoisotopic (exact) mass is 408 g/mol. The van der Waals surface area contributed by atoms with E-state index in [2.05, 4.69) is 72.8 Å². The van der Waals surface area contributed by atoms with Crippen LogP contribution < -0.4 is 0 Å². The number of phenolic OH excluding ortho intramolecular Hbond substituents is 1. The molecule has 0 bridgehead atoms. The average molecular weight is 408 g/mol. The summed E-state index contributed by atoms with van der Waals surface area (Å²) in [5, 5.41) is 9.21. The molecule has 2 aliphatic rings. The molecule has 4 aromatic carbocycles. The molecule has 0 spiro atoms. The van der Waals surface area contributed by atoms with Crippen LogP contribution in [0.5, 0.6) is 5.75 Å². The highest BCUT2D eigenvalue weighted by Crippen LogP contribution is 2.32. The van der Waals surface area contributed by atoms with Gasteiger partial charge in [-0.3, -0.25) is 0 Å². The summed E-state index contributed by atoms with van der Waals surface area (Å²) in [6.45, 7) is 1.73. The summed E-state index contributed by atoms with van der Waals surface area (Å²) in [4.78, 5) is 0. The van der Waals surface area contributed by atoms with Crippen LogP contribution in [0.2, 0.25) is 0 Å². The molecule has 4 aromatic rings. The molecular weight excluding hydrogens is 384 g/mol. The average Bonchev–Trinajstić information content (AvgIpc) is 3.74. The van der Waals surface area contributed by atoms with E-state index in [-0.39, 0.29) is 0 Å². The van der Waals surface area contributed by atoms with Crippen LogP contribution in [0, 0.1) is 0 Å². The first-order chi connectivity index (χ1) is 15.3. The van der Waals surface area contributed by atoms with Crippen LogP contribution in [-0.4, -0.2) is 18.3 Å². The van der Waals surface area contributed by atoms with Gasteiger partial charge in [-0.05, 0) is 45.5 Å². The summed E-state index contributed by atoms with van der Waals surface area (Å²) >= 11 is 0. The summed E-state index contributed by atoms with van der Waals surface area (Å²) < 4.78 is 10.5. The molecule has 6 rings (SSSR count). The third-order valence-corrected chi connectivity index (χ3v) is 5.54. The van der Waals surface area contributed by atoms with E-state index in [1.54, 1.807) is 12.1 Å². The van der Waals surface area contributed by atoms with Crippen LogP contribution in [-0.2, 0) is 9.47 Å². The standard InChI is InChI=1S/C14H12O2.C14H12O/c15-13-7-5-11(6-8-13)10-1-3-12(4-2-10)14-9-16-14;1-2-4-11(5-3-1)12-6-8-13(9-7-12)14-10-15-14/h1-8,14-15H,9H2;1-9,14H,10H2. The van der Waals surface area contributed by atoms with Gasteiger partial charge in [0.15, 0.2) is 0 Å². The summed E-state index contributed by atoms with van der Waals surface area (Å²) in [7, 11) is 0. The van der Waals surface area contributed by atoms with Crippen molar-refractivity contribution in [2.24, 2.45) is 0 Å². The van der Waals surface area contributed by atoms with Gasteiger partial charge in [-0.25, -0.2) is 0 Å². The maximum absolute atomic E-state index is 9.21. The second-order valence-corrected chi connectivity index (χ2v) is 7.80. The van der Waals surface area contributed by atoms with Gasteiger partial charge in [0.25, 0.3) is 0 Å². The third kappa shape index (κ3) is 5.02. The lowest BCUT2D eigenvalue weighted by Crippen LogP contribution is -1.81. The molecule has 1 N–H and O–H groups in total. The first-order valence-electron chi connectivity index (χ1n) is 10.5. The Kier molecular flexibility index (Phi) is 5.53. The molecular formula is C28H24O3. The quantitative estimate of drug-likeness (QED) is 0.389. The maximum Gasteiger partial charge on any atom is 0.115 e. The van der Waals surface area contributed by atoms with Crippen LogP contribution in [0.4, 0.5) is 0 Å². The SMILES string of the molecule is Oc1ccc(-c2ccc(C3CO3)cc2)cc1.c1ccc(-c2ccc(C3CO3)cc2)cc1. The van der Waals surface area contributed by atoms with Crippen molar-refractivity contribution in [3.63, 3.8) is 0 Å². The Morgan fingerprint density at radius 3 is 1.23 bits per heavy atom. The van der Waals surface area contributed by atoms with Crippen LogP contribution in [0.1, 0.15) is 23.3 Å². The number of phenols is 1. The fourth-order valence-corrected chi connectivity index (χ4v) is 3.55. The Morgan fingerprint density at radius 2 is 0.839 bits per heavy atom. The van der Waals surface area contributed by atoms with Gasteiger partial charge >= 0.3 is 0 Å². The third-order valence-electron chi connectivity index (χ3n) is 5.54.